The van der Waals surface area contributed by atoms with Crippen molar-refractivity contribution in [2.45, 2.75) is 4.33 Å². The third-order valence-electron chi connectivity index (χ3n) is 2.57. The van der Waals surface area contributed by atoms with E-state index in [0.717, 1.165) is 11.1 Å². The molecule has 0 saturated heterocycles. The fraction of sp³-hybridized carbons (Fsp3) is 0.0667. The topological polar surface area (TPSA) is 0 Å². The predicted octanol–water partition coefficient (Wildman–Crippen LogP) is 7.52. The molecular formula is C15H10Cl6. The van der Waals surface area contributed by atoms with E-state index in [4.69, 9.17) is 69.6 Å². The molecule has 1 aromatic rings. The van der Waals surface area contributed by atoms with Crippen molar-refractivity contribution >= 4 is 81.8 Å². The molecule has 0 aromatic heterocycles. The van der Waals surface area contributed by atoms with Crippen LogP contribution in [0.15, 0.2) is 57.6 Å². The minimum Gasteiger partial charge on any atom is -0.0984 e. The van der Waals surface area contributed by atoms with Crippen LogP contribution < -0.4 is 0 Å². The third kappa shape index (κ3) is 4.22. The van der Waals surface area contributed by atoms with Gasteiger partial charge >= 0.3 is 0 Å². The molecule has 2 rings (SSSR count). The van der Waals surface area contributed by atoms with Crippen molar-refractivity contribution in [2.75, 3.05) is 0 Å². The van der Waals surface area contributed by atoms with Crippen LogP contribution in [-0.4, -0.2) is 4.33 Å². The lowest BCUT2D eigenvalue weighted by molar-refractivity contribution is 1.24. The molecule has 112 valence electrons. The van der Waals surface area contributed by atoms with Crippen molar-refractivity contribution in [1.29, 1.82) is 0 Å². The first-order valence-corrected chi connectivity index (χ1v) is 7.87. The lowest BCUT2D eigenvalue weighted by Crippen LogP contribution is -2.09. The van der Waals surface area contributed by atoms with Crippen LogP contribution in [0.5, 0.6) is 0 Å². The van der Waals surface area contributed by atoms with Gasteiger partial charge in [-0.05, 0) is 11.1 Å². The molecule has 0 atom stereocenters. The number of hydrogen-bond donors (Lipinski definition) is 0. The molecule has 1 aliphatic rings. The van der Waals surface area contributed by atoms with Gasteiger partial charge in [0.15, 0.2) is 4.33 Å². The molecule has 1 aromatic carbocycles. The summed E-state index contributed by atoms with van der Waals surface area (Å²) in [5, 5.41) is 0.279. The minimum atomic E-state index is -1.47. The van der Waals surface area contributed by atoms with Gasteiger partial charge in [-0.1, -0.05) is 119 Å². The molecule has 0 fully saturated rings. The second-order valence-electron chi connectivity index (χ2n) is 3.87. The van der Waals surface area contributed by atoms with Crippen LogP contribution in [0.2, 0.25) is 0 Å². The van der Waals surface area contributed by atoms with Crippen LogP contribution >= 0.6 is 69.6 Å². The maximum Gasteiger partial charge on any atom is 0.191 e. The standard InChI is InChI=1S/C10H10.C5Cl6/c1-3-9-7-5-6-8-10(9)4-2;6-1-2(7)4(9)5(10,11)3(1)8/h3-8H,1-2H2;. The van der Waals surface area contributed by atoms with E-state index in [1.165, 1.54) is 0 Å². The molecule has 0 amide bonds. The van der Waals surface area contributed by atoms with Crippen LogP contribution in [0.3, 0.4) is 0 Å². The molecule has 0 aliphatic heterocycles. The summed E-state index contributed by atoms with van der Waals surface area (Å²) in [6, 6.07) is 8.02. The molecule has 21 heavy (non-hydrogen) atoms. The van der Waals surface area contributed by atoms with Crippen LogP contribution in [0.4, 0.5) is 0 Å². The summed E-state index contributed by atoms with van der Waals surface area (Å²) < 4.78 is -1.47. The second-order valence-corrected chi connectivity index (χ2v) is 6.71. The Morgan fingerprint density at radius 3 is 1.29 bits per heavy atom. The lowest BCUT2D eigenvalue weighted by atomic mass is 10.1. The Labute approximate surface area is 154 Å². The summed E-state index contributed by atoms with van der Waals surface area (Å²) in [5.74, 6) is 0. The highest BCUT2D eigenvalue weighted by atomic mass is 35.5. The van der Waals surface area contributed by atoms with E-state index in [-0.39, 0.29) is 20.1 Å². The Bertz CT molecular complexity index is 572. The first kappa shape index (κ1) is 19.0. The summed E-state index contributed by atoms with van der Waals surface area (Å²) >= 11 is 33.8. The van der Waals surface area contributed by atoms with Gasteiger partial charge in [-0.25, -0.2) is 0 Å². The molecule has 0 N–H and O–H groups in total. The monoisotopic (exact) mass is 400 g/mol. The zero-order valence-electron chi connectivity index (χ0n) is 10.6. The molecular weight excluding hydrogens is 393 g/mol. The largest absolute Gasteiger partial charge is 0.191 e. The number of allylic oxidation sites excluding steroid dienone is 4. The highest BCUT2D eigenvalue weighted by Crippen LogP contribution is 2.53. The summed E-state index contributed by atoms with van der Waals surface area (Å²) in [6.45, 7) is 7.38. The van der Waals surface area contributed by atoms with E-state index >= 15 is 0 Å². The van der Waals surface area contributed by atoms with Gasteiger partial charge in [0.25, 0.3) is 0 Å². The summed E-state index contributed by atoms with van der Waals surface area (Å²) in [5.41, 5.74) is 2.27. The molecule has 0 saturated carbocycles. The highest BCUT2D eigenvalue weighted by molar-refractivity contribution is 6.67. The first-order chi connectivity index (χ1) is 9.77. The van der Waals surface area contributed by atoms with E-state index < -0.39 is 4.33 Å². The van der Waals surface area contributed by atoms with Gasteiger partial charge in [-0.15, -0.1) is 0 Å². The number of rotatable bonds is 2. The normalized spacial score (nSPS) is 16.5. The van der Waals surface area contributed by atoms with Gasteiger partial charge in [0.1, 0.15) is 0 Å². The smallest absolute Gasteiger partial charge is 0.0984 e. The van der Waals surface area contributed by atoms with Crippen molar-refractivity contribution in [2.24, 2.45) is 0 Å². The van der Waals surface area contributed by atoms with Gasteiger partial charge in [-0.2, -0.15) is 0 Å². The SMILES string of the molecule is C=Cc1ccccc1C=C.ClC1=C(Cl)C(Cl)(Cl)C(Cl)=C1Cl. The van der Waals surface area contributed by atoms with Crippen LogP contribution in [0.1, 0.15) is 11.1 Å². The Morgan fingerprint density at radius 1 is 0.762 bits per heavy atom. The molecule has 0 bridgehead atoms. The van der Waals surface area contributed by atoms with Crippen molar-refractivity contribution < 1.29 is 0 Å². The van der Waals surface area contributed by atoms with E-state index in [1.807, 2.05) is 36.4 Å². The minimum absolute atomic E-state index is 0.0394. The lowest BCUT2D eigenvalue weighted by Gasteiger charge is -2.11. The quantitative estimate of drug-likeness (QED) is 0.448. The third-order valence-corrected chi connectivity index (χ3v) is 5.70. The van der Waals surface area contributed by atoms with E-state index in [9.17, 15) is 0 Å². The van der Waals surface area contributed by atoms with Crippen LogP contribution in [0, 0.1) is 0 Å². The van der Waals surface area contributed by atoms with Gasteiger partial charge in [-0.3, -0.25) is 0 Å². The fourth-order valence-electron chi connectivity index (χ4n) is 1.45. The zero-order valence-corrected chi connectivity index (χ0v) is 15.2. The van der Waals surface area contributed by atoms with Crippen molar-refractivity contribution in [3.63, 3.8) is 0 Å². The average Bonchev–Trinajstić information content (AvgIpc) is 2.63. The number of benzene rings is 1. The Morgan fingerprint density at radius 2 is 1.10 bits per heavy atom. The second kappa shape index (κ2) is 7.97. The molecule has 1 aliphatic carbocycles. The van der Waals surface area contributed by atoms with E-state index in [1.54, 1.807) is 0 Å². The molecule has 0 nitrogen and oxygen atoms in total. The average molecular weight is 403 g/mol. The zero-order chi connectivity index (χ0) is 16.2. The fourth-order valence-corrected chi connectivity index (χ4v) is 3.01. The summed E-state index contributed by atoms with van der Waals surface area (Å²) in [4.78, 5) is 0. The van der Waals surface area contributed by atoms with Crippen molar-refractivity contribution in [3.05, 3.63) is 68.7 Å². The predicted molar refractivity (Wildman–Crippen MR) is 98.5 cm³/mol. The van der Waals surface area contributed by atoms with Gasteiger partial charge < -0.3 is 0 Å². The maximum absolute atomic E-state index is 5.68. The molecule has 0 unspecified atom stereocenters. The first-order valence-electron chi connectivity index (χ1n) is 5.61. The number of alkyl halides is 2. The van der Waals surface area contributed by atoms with Crippen molar-refractivity contribution in [1.82, 2.24) is 0 Å². The van der Waals surface area contributed by atoms with Crippen LogP contribution in [0.25, 0.3) is 12.2 Å². The van der Waals surface area contributed by atoms with Gasteiger partial charge in [0.2, 0.25) is 0 Å². The summed E-state index contributed by atoms with van der Waals surface area (Å²) in [7, 11) is 0. The van der Waals surface area contributed by atoms with Gasteiger partial charge in [0, 0.05) is 0 Å². The van der Waals surface area contributed by atoms with Crippen molar-refractivity contribution in [3.8, 4) is 0 Å². The number of hydrogen-bond acceptors (Lipinski definition) is 0. The highest BCUT2D eigenvalue weighted by Gasteiger charge is 2.42. The Balaban J connectivity index is 0.000000211. The van der Waals surface area contributed by atoms with E-state index in [2.05, 4.69) is 13.2 Å². The molecule has 6 heteroatoms. The molecule has 0 spiro atoms. The number of halogens is 6. The summed E-state index contributed by atoms with van der Waals surface area (Å²) in [6.07, 6.45) is 3.66. The van der Waals surface area contributed by atoms with Crippen LogP contribution in [-0.2, 0) is 0 Å². The maximum atomic E-state index is 5.68. The Kier molecular flexibility index (Phi) is 7.19. The Hall–Kier alpha value is -0.0800. The van der Waals surface area contributed by atoms with Gasteiger partial charge in [0.05, 0.1) is 20.1 Å². The molecule has 0 heterocycles. The van der Waals surface area contributed by atoms with E-state index in [0.29, 0.717) is 0 Å². The molecule has 0 radical (unpaired) electrons.